The predicted octanol–water partition coefficient (Wildman–Crippen LogP) is 6.40. The second kappa shape index (κ2) is 7.81. The highest BCUT2D eigenvalue weighted by atomic mass is 35.5. The molecule has 144 valence electrons. The molecule has 0 saturated carbocycles. The number of aromatic nitrogens is 2. The summed E-state index contributed by atoms with van der Waals surface area (Å²) in [4.78, 5) is 12.3. The van der Waals surface area contributed by atoms with Crippen LogP contribution in [0.3, 0.4) is 0 Å². The molecule has 0 unspecified atom stereocenters. The van der Waals surface area contributed by atoms with Crippen molar-refractivity contribution >= 4 is 35.1 Å². The Morgan fingerprint density at radius 2 is 1.82 bits per heavy atom. The lowest BCUT2D eigenvalue weighted by Crippen LogP contribution is -2.06. The van der Waals surface area contributed by atoms with Crippen molar-refractivity contribution in [3.63, 3.8) is 0 Å². The summed E-state index contributed by atoms with van der Waals surface area (Å²) in [5.74, 6) is -0.572. The van der Waals surface area contributed by atoms with E-state index in [4.69, 9.17) is 23.2 Å². The molecule has 0 radical (unpaired) electrons. The molecule has 28 heavy (non-hydrogen) atoms. The lowest BCUT2D eigenvalue weighted by Gasteiger charge is -2.07. The van der Waals surface area contributed by atoms with E-state index >= 15 is 0 Å². The van der Waals surface area contributed by atoms with E-state index in [0.29, 0.717) is 22.0 Å². The highest BCUT2D eigenvalue weighted by Crippen LogP contribution is 2.30. The summed E-state index contributed by atoms with van der Waals surface area (Å²) < 4.78 is 39.9. The van der Waals surface area contributed by atoms with Crippen LogP contribution in [0, 0.1) is 6.92 Å². The fourth-order valence-electron chi connectivity index (χ4n) is 2.58. The van der Waals surface area contributed by atoms with E-state index < -0.39 is 17.5 Å². The fraction of sp³-hybridized carbons (Fsp3) is 0.100. The van der Waals surface area contributed by atoms with Crippen molar-refractivity contribution in [2.75, 3.05) is 0 Å². The van der Waals surface area contributed by atoms with Gasteiger partial charge in [-0.25, -0.2) is 4.68 Å². The molecule has 0 fully saturated rings. The molecule has 0 amide bonds. The van der Waals surface area contributed by atoms with E-state index in [0.717, 1.165) is 12.1 Å². The van der Waals surface area contributed by atoms with Gasteiger partial charge >= 0.3 is 6.18 Å². The van der Waals surface area contributed by atoms with Crippen LogP contribution in [0.4, 0.5) is 13.2 Å². The number of hydrogen-bond acceptors (Lipinski definition) is 2. The van der Waals surface area contributed by atoms with Crippen LogP contribution in [0.5, 0.6) is 0 Å². The van der Waals surface area contributed by atoms with Crippen LogP contribution < -0.4 is 0 Å². The maximum absolute atomic E-state index is 12.8. The van der Waals surface area contributed by atoms with Gasteiger partial charge in [-0.05, 0) is 49.4 Å². The molecular formula is C20H13Cl2F3N2O. The summed E-state index contributed by atoms with van der Waals surface area (Å²) in [5.41, 5.74) is 0.737. The maximum Gasteiger partial charge on any atom is 0.416 e. The molecule has 0 atom stereocenters. The molecule has 8 heteroatoms. The molecule has 3 rings (SSSR count). The van der Waals surface area contributed by atoms with Crippen LogP contribution in [0.15, 0.2) is 54.6 Å². The molecule has 0 aliphatic heterocycles. The molecule has 1 heterocycles. The van der Waals surface area contributed by atoms with Gasteiger partial charge in [-0.15, -0.1) is 0 Å². The Labute approximate surface area is 169 Å². The third-order valence-electron chi connectivity index (χ3n) is 3.98. The van der Waals surface area contributed by atoms with Gasteiger partial charge in [0.1, 0.15) is 5.15 Å². The number of allylic oxidation sites excluding steroid dienone is 1. The largest absolute Gasteiger partial charge is 0.416 e. The number of ketones is 1. The lowest BCUT2D eigenvalue weighted by molar-refractivity contribution is -0.137. The lowest BCUT2D eigenvalue weighted by atomic mass is 10.1. The first-order valence-corrected chi connectivity index (χ1v) is 8.83. The Kier molecular flexibility index (Phi) is 5.63. The van der Waals surface area contributed by atoms with Gasteiger partial charge in [-0.3, -0.25) is 4.79 Å². The number of carbonyl (C=O) groups excluding carboxylic acids is 1. The molecule has 3 nitrogen and oxygen atoms in total. The molecular weight excluding hydrogens is 412 g/mol. The zero-order valence-corrected chi connectivity index (χ0v) is 16.0. The standard InChI is InChI=1S/C20H13Cl2F3N2O/c1-12-17(19(22)27(26-12)16-7-3-6-15(21)11-16)8-9-18(28)13-4-2-5-14(10-13)20(23,24)25/h2-11H,1H3. The van der Waals surface area contributed by atoms with Crippen LogP contribution in [0.2, 0.25) is 10.2 Å². The number of carbonyl (C=O) groups is 1. The summed E-state index contributed by atoms with van der Waals surface area (Å²) in [6, 6.07) is 11.2. The second-order valence-corrected chi connectivity index (χ2v) is 6.75. The molecule has 3 aromatic rings. The Hall–Kier alpha value is -2.57. The minimum absolute atomic E-state index is 0.0675. The van der Waals surface area contributed by atoms with E-state index in [1.807, 2.05) is 0 Å². The summed E-state index contributed by atoms with van der Waals surface area (Å²) in [6.45, 7) is 1.71. The van der Waals surface area contributed by atoms with Crippen LogP contribution in [-0.2, 0) is 6.18 Å². The van der Waals surface area contributed by atoms with Crippen LogP contribution in [0.1, 0.15) is 27.2 Å². The van der Waals surface area contributed by atoms with Crippen LogP contribution >= 0.6 is 23.2 Å². The zero-order chi connectivity index (χ0) is 20.5. The average molecular weight is 425 g/mol. The monoisotopic (exact) mass is 424 g/mol. The first kappa shape index (κ1) is 20.2. The number of halogens is 5. The molecule has 1 aromatic heterocycles. The van der Waals surface area contributed by atoms with Crippen molar-refractivity contribution in [2.45, 2.75) is 13.1 Å². The van der Waals surface area contributed by atoms with Crippen LogP contribution in [0.25, 0.3) is 11.8 Å². The summed E-state index contributed by atoms with van der Waals surface area (Å²) in [5, 5.41) is 5.10. The van der Waals surface area contributed by atoms with Crippen molar-refractivity contribution in [1.82, 2.24) is 9.78 Å². The molecule has 0 aliphatic carbocycles. The zero-order valence-electron chi connectivity index (χ0n) is 14.5. The predicted molar refractivity (Wildman–Crippen MR) is 103 cm³/mol. The third kappa shape index (κ3) is 4.29. The SMILES string of the molecule is Cc1nn(-c2cccc(Cl)c2)c(Cl)c1C=CC(=O)c1cccc(C(F)(F)F)c1. The average Bonchev–Trinajstić information content (AvgIpc) is 2.93. The summed E-state index contributed by atoms with van der Waals surface area (Å²) >= 11 is 12.4. The Morgan fingerprint density at radius 3 is 2.50 bits per heavy atom. The normalized spacial score (nSPS) is 11.9. The minimum atomic E-state index is -4.52. The first-order chi connectivity index (χ1) is 13.2. The number of rotatable bonds is 4. The maximum atomic E-state index is 12.8. The molecule has 0 bridgehead atoms. The Balaban J connectivity index is 1.90. The second-order valence-electron chi connectivity index (χ2n) is 5.96. The molecule has 0 aliphatic rings. The van der Waals surface area contributed by atoms with E-state index in [9.17, 15) is 18.0 Å². The minimum Gasteiger partial charge on any atom is -0.289 e. The summed E-state index contributed by atoms with van der Waals surface area (Å²) in [7, 11) is 0. The third-order valence-corrected chi connectivity index (χ3v) is 4.58. The van der Waals surface area contributed by atoms with Gasteiger partial charge in [0.05, 0.1) is 16.9 Å². The smallest absolute Gasteiger partial charge is 0.289 e. The van der Waals surface area contributed by atoms with Gasteiger partial charge in [0, 0.05) is 16.1 Å². The topological polar surface area (TPSA) is 34.9 Å². The van der Waals surface area contributed by atoms with Crippen molar-refractivity contribution in [2.24, 2.45) is 0 Å². The Morgan fingerprint density at radius 1 is 1.11 bits per heavy atom. The molecule has 2 aromatic carbocycles. The quantitative estimate of drug-likeness (QED) is 0.358. The van der Waals surface area contributed by atoms with E-state index in [-0.39, 0.29) is 10.7 Å². The summed E-state index contributed by atoms with van der Waals surface area (Å²) in [6.07, 6.45) is -1.90. The number of benzene rings is 2. The van der Waals surface area contributed by atoms with E-state index in [2.05, 4.69) is 5.10 Å². The Bertz CT molecular complexity index is 1070. The van der Waals surface area contributed by atoms with Gasteiger partial charge in [-0.1, -0.05) is 41.4 Å². The first-order valence-electron chi connectivity index (χ1n) is 8.07. The highest BCUT2D eigenvalue weighted by Gasteiger charge is 2.30. The molecule has 0 N–H and O–H groups in total. The number of alkyl halides is 3. The van der Waals surface area contributed by atoms with Gasteiger partial charge in [0.2, 0.25) is 0 Å². The number of nitrogens with zero attached hydrogens (tertiary/aromatic N) is 2. The van der Waals surface area contributed by atoms with Gasteiger partial charge in [0.15, 0.2) is 5.78 Å². The van der Waals surface area contributed by atoms with E-state index in [1.54, 1.807) is 31.2 Å². The number of aryl methyl sites for hydroxylation is 1. The highest BCUT2D eigenvalue weighted by molar-refractivity contribution is 6.32. The van der Waals surface area contributed by atoms with Crippen LogP contribution in [-0.4, -0.2) is 15.6 Å². The van der Waals surface area contributed by atoms with Crippen molar-refractivity contribution in [3.8, 4) is 5.69 Å². The van der Waals surface area contributed by atoms with Crippen molar-refractivity contribution in [1.29, 1.82) is 0 Å². The van der Waals surface area contributed by atoms with E-state index in [1.165, 1.54) is 29.0 Å². The fourth-order valence-corrected chi connectivity index (χ4v) is 3.10. The molecule has 0 spiro atoms. The molecule has 0 saturated heterocycles. The van der Waals surface area contributed by atoms with Gasteiger partial charge in [-0.2, -0.15) is 18.3 Å². The van der Waals surface area contributed by atoms with Crippen molar-refractivity contribution in [3.05, 3.63) is 87.2 Å². The van der Waals surface area contributed by atoms with Gasteiger partial charge < -0.3 is 0 Å². The van der Waals surface area contributed by atoms with Crippen molar-refractivity contribution < 1.29 is 18.0 Å². The van der Waals surface area contributed by atoms with Gasteiger partial charge in [0.25, 0.3) is 0 Å². The number of hydrogen-bond donors (Lipinski definition) is 0.